The lowest BCUT2D eigenvalue weighted by Gasteiger charge is -2.53. The van der Waals surface area contributed by atoms with Crippen LogP contribution in [-0.2, 0) is 22.4 Å². The van der Waals surface area contributed by atoms with E-state index in [0.29, 0.717) is 25.7 Å². The van der Waals surface area contributed by atoms with Crippen molar-refractivity contribution in [1.82, 2.24) is 9.80 Å². The van der Waals surface area contributed by atoms with E-state index in [1.165, 1.54) is 9.80 Å². The van der Waals surface area contributed by atoms with Crippen molar-refractivity contribution in [1.29, 1.82) is 0 Å². The molecular formula is C26H26Br4N4O3. The summed E-state index contributed by atoms with van der Waals surface area (Å²) in [6, 6.07) is 10.1. The predicted molar refractivity (Wildman–Crippen MR) is 155 cm³/mol. The molecule has 4 N–H and O–H groups in total. The molecule has 5 rings (SSSR count). The van der Waals surface area contributed by atoms with Gasteiger partial charge < -0.3 is 11.5 Å². The molecule has 2 aromatic carbocycles. The van der Waals surface area contributed by atoms with Crippen molar-refractivity contribution in [2.24, 2.45) is 16.9 Å². The number of benzene rings is 2. The van der Waals surface area contributed by atoms with Crippen LogP contribution >= 0.6 is 63.7 Å². The summed E-state index contributed by atoms with van der Waals surface area (Å²) in [6.07, 6.45) is 2.42. The lowest BCUT2D eigenvalue weighted by atomic mass is 9.70. The smallest absolute Gasteiger partial charge is 0.328 e. The molecule has 1 saturated heterocycles. The number of amides is 4. The molecule has 1 heterocycles. The summed E-state index contributed by atoms with van der Waals surface area (Å²) < 4.78 is 3.31. The molecule has 7 nitrogen and oxygen atoms in total. The third kappa shape index (κ3) is 5.24. The highest BCUT2D eigenvalue weighted by Crippen LogP contribution is 2.44. The van der Waals surface area contributed by atoms with E-state index in [2.05, 4.69) is 63.7 Å². The van der Waals surface area contributed by atoms with Crippen LogP contribution in [0.15, 0.2) is 54.3 Å². The van der Waals surface area contributed by atoms with Crippen molar-refractivity contribution in [2.45, 2.75) is 62.7 Å². The van der Waals surface area contributed by atoms with Gasteiger partial charge in [-0.05, 0) is 86.1 Å². The molecule has 3 aliphatic rings. The number of hydrogen-bond acceptors (Lipinski definition) is 5. The number of nitrogens with two attached hydrogens (primary N) is 2. The summed E-state index contributed by atoms with van der Waals surface area (Å²) in [4.78, 5) is 45.3. The highest BCUT2D eigenvalue weighted by atomic mass is 79.9. The zero-order valence-electron chi connectivity index (χ0n) is 19.8. The minimum Gasteiger partial charge on any atom is -0.328 e. The topological polar surface area (TPSA) is 110 Å². The van der Waals surface area contributed by atoms with Crippen molar-refractivity contribution < 1.29 is 14.4 Å². The minimum atomic E-state index is -1.51. The normalized spacial score (nSPS) is 27.2. The first kappa shape index (κ1) is 27.5. The number of barbiturate groups is 1. The number of halogens is 4. The molecule has 1 aliphatic heterocycles. The zero-order chi connectivity index (χ0) is 26.6. The Morgan fingerprint density at radius 2 is 0.973 bits per heavy atom. The van der Waals surface area contributed by atoms with Crippen molar-refractivity contribution in [3.63, 3.8) is 0 Å². The SMILES string of the molecule is NC1CC(N2C(=O)N(C3CC(N)C3)C(=O)C(Cc3cc(Br)cc(Br)c3)(Cc3cc(Br)cc(Br)c3)C2=O)C1. The van der Waals surface area contributed by atoms with Gasteiger partial charge in [0.1, 0.15) is 5.41 Å². The van der Waals surface area contributed by atoms with E-state index in [9.17, 15) is 14.4 Å². The Morgan fingerprint density at radius 3 is 1.27 bits per heavy atom. The molecule has 0 bridgehead atoms. The molecule has 4 amide bonds. The molecule has 3 fully saturated rings. The molecule has 0 spiro atoms. The number of carbonyl (C=O) groups is 3. The first-order chi connectivity index (χ1) is 17.5. The van der Waals surface area contributed by atoms with Gasteiger partial charge in [0.05, 0.1) is 0 Å². The van der Waals surface area contributed by atoms with Crippen LogP contribution in [0.25, 0.3) is 0 Å². The van der Waals surface area contributed by atoms with Crippen LogP contribution in [0.5, 0.6) is 0 Å². The van der Waals surface area contributed by atoms with E-state index < -0.39 is 23.3 Å². The van der Waals surface area contributed by atoms with E-state index in [1.807, 2.05) is 36.4 Å². The summed E-state index contributed by atoms with van der Waals surface area (Å²) in [7, 11) is 0. The third-order valence-corrected chi connectivity index (χ3v) is 9.39. The largest absolute Gasteiger partial charge is 0.333 e. The number of urea groups is 1. The van der Waals surface area contributed by atoms with Crippen LogP contribution in [0.3, 0.4) is 0 Å². The number of nitrogens with zero attached hydrogens (tertiary/aromatic N) is 2. The van der Waals surface area contributed by atoms with Crippen LogP contribution in [0.2, 0.25) is 0 Å². The molecule has 2 saturated carbocycles. The standard InChI is InChI=1S/C26H26Br4N4O3/c27-15-1-13(2-16(28)5-15)11-26(12-14-3-17(29)6-18(30)4-14)23(35)33(21-7-19(31)8-21)25(37)34(24(26)36)22-9-20(32)10-22/h1-6,19-22H,7-12,31-32H2. The lowest BCUT2D eigenvalue weighted by Crippen LogP contribution is -2.73. The monoisotopic (exact) mass is 758 g/mol. The van der Waals surface area contributed by atoms with E-state index in [0.717, 1.165) is 29.0 Å². The Bertz CT molecular complexity index is 1140. The second-order valence-corrected chi connectivity index (χ2v) is 14.1. The fourth-order valence-corrected chi connectivity index (χ4v) is 8.43. The van der Waals surface area contributed by atoms with Crippen LogP contribution in [0, 0.1) is 5.41 Å². The summed E-state index contributed by atoms with van der Waals surface area (Å²) in [5, 5.41) is 0. The Morgan fingerprint density at radius 1 is 0.649 bits per heavy atom. The van der Waals surface area contributed by atoms with Gasteiger partial charge in [-0.3, -0.25) is 19.4 Å². The molecule has 0 atom stereocenters. The minimum absolute atomic E-state index is 0.0646. The number of hydrogen-bond donors (Lipinski definition) is 2. The molecular weight excluding hydrogens is 736 g/mol. The molecule has 2 aliphatic carbocycles. The summed E-state index contributed by atoms with van der Waals surface area (Å²) >= 11 is 14.1. The highest BCUT2D eigenvalue weighted by Gasteiger charge is 2.61. The van der Waals surface area contributed by atoms with Gasteiger partial charge in [-0.2, -0.15) is 0 Å². The Labute approximate surface area is 249 Å². The lowest BCUT2D eigenvalue weighted by molar-refractivity contribution is -0.164. The van der Waals surface area contributed by atoms with Gasteiger partial charge in [0.2, 0.25) is 11.8 Å². The van der Waals surface area contributed by atoms with E-state index >= 15 is 0 Å². The van der Waals surface area contributed by atoms with Crippen LogP contribution < -0.4 is 11.5 Å². The highest BCUT2D eigenvalue weighted by molar-refractivity contribution is 9.11. The van der Waals surface area contributed by atoms with E-state index in [-0.39, 0.29) is 37.0 Å². The van der Waals surface area contributed by atoms with Gasteiger partial charge in [0.25, 0.3) is 0 Å². The van der Waals surface area contributed by atoms with Crippen molar-refractivity contribution in [3.8, 4) is 0 Å². The second-order valence-electron chi connectivity index (χ2n) is 10.4. The van der Waals surface area contributed by atoms with Gasteiger partial charge in [-0.15, -0.1) is 0 Å². The molecule has 11 heteroatoms. The number of imide groups is 2. The van der Waals surface area contributed by atoms with Gasteiger partial charge >= 0.3 is 6.03 Å². The second kappa shape index (κ2) is 10.5. The Hall–Kier alpha value is -1.11. The van der Waals surface area contributed by atoms with Crippen LogP contribution in [-0.4, -0.2) is 51.8 Å². The Balaban J connectivity index is 1.65. The molecule has 196 valence electrons. The molecule has 2 aromatic rings. The first-order valence-corrected chi connectivity index (χ1v) is 15.3. The van der Waals surface area contributed by atoms with Gasteiger partial charge in [0, 0.05) is 42.1 Å². The average molecular weight is 762 g/mol. The zero-order valence-corrected chi connectivity index (χ0v) is 26.1. The third-order valence-electron chi connectivity index (χ3n) is 7.55. The van der Waals surface area contributed by atoms with E-state index in [1.54, 1.807) is 0 Å². The van der Waals surface area contributed by atoms with Crippen LogP contribution in [0.1, 0.15) is 36.8 Å². The summed E-state index contributed by atoms with van der Waals surface area (Å²) in [5.41, 5.74) is 12.2. The van der Waals surface area contributed by atoms with Crippen molar-refractivity contribution in [2.75, 3.05) is 0 Å². The maximum atomic E-state index is 14.4. The maximum absolute atomic E-state index is 14.4. The summed E-state index contributed by atoms with van der Waals surface area (Å²) in [6.45, 7) is 0. The molecule has 0 aromatic heterocycles. The van der Waals surface area contributed by atoms with Gasteiger partial charge in [-0.25, -0.2) is 4.79 Å². The molecule has 0 unspecified atom stereocenters. The Kier molecular flexibility index (Phi) is 7.76. The average Bonchev–Trinajstić information content (AvgIpc) is 2.74. The van der Waals surface area contributed by atoms with Crippen molar-refractivity contribution in [3.05, 3.63) is 65.4 Å². The number of carbonyl (C=O) groups excluding carboxylic acids is 3. The first-order valence-electron chi connectivity index (χ1n) is 12.1. The maximum Gasteiger partial charge on any atom is 0.333 e. The quantitative estimate of drug-likeness (QED) is 0.390. The summed E-state index contributed by atoms with van der Waals surface area (Å²) in [5.74, 6) is -0.905. The predicted octanol–water partition coefficient (Wildman–Crippen LogP) is 5.28. The number of rotatable bonds is 6. The molecule has 37 heavy (non-hydrogen) atoms. The fraction of sp³-hybridized carbons (Fsp3) is 0.423. The van der Waals surface area contributed by atoms with Crippen molar-refractivity contribution >= 4 is 81.6 Å². The van der Waals surface area contributed by atoms with Crippen LogP contribution in [0.4, 0.5) is 4.79 Å². The van der Waals surface area contributed by atoms with Gasteiger partial charge in [0.15, 0.2) is 0 Å². The fourth-order valence-electron chi connectivity index (χ4n) is 5.66. The van der Waals surface area contributed by atoms with E-state index in [4.69, 9.17) is 11.5 Å². The van der Waals surface area contributed by atoms with Gasteiger partial charge in [-0.1, -0.05) is 63.7 Å². The molecule has 0 radical (unpaired) electrons.